The minimum absolute atomic E-state index is 0.0228. The van der Waals surface area contributed by atoms with Crippen molar-refractivity contribution in [2.45, 2.75) is 106 Å². The monoisotopic (exact) mass is 1140 g/mol. The van der Waals surface area contributed by atoms with E-state index in [1.54, 1.807) is 36.4 Å². The summed E-state index contributed by atoms with van der Waals surface area (Å²) in [5, 5.41) is 8.19. The van der Waals surface area contributed by atoms with E-state index in [-0.39, 0.29) is 39.0 Å². The van der Waals surface area contributed by atoms with Gasteiger partial charge < -0.3 is 31.5 Å². The summed E-state index contributed by atoms with van der Waals surface area (Å²) in [5.41, 5.74) is 7.35. The maximum Gasteiger partial charge on any atom is 0.323 e. The highest BCUT2D eigenvalue weighted by molar-refractivity contribution is 7.86. The van der Waals surface area contributed by atoms with E-state index in [0.717, 1.165) is 37.8 Å². The van der Waals surface area contributed by atoms with Crippen molar-refractivity contribution < 1.29 is 58.5 Å². The number of primary amides is 1. The molecule has 0 aliphatic carbocycles. The van der Waals surface area contributed by atoms with Gasteiger partial charge in [-0.3, -0.25) is 23.3 Å². The molecule has 1 saturated heterocycles. The zero-order valence-electron chi connectivity index (χ0n) is 44.1. The van der Waals surface area contributed by atoms with Crippen molar-refractivity contribution in [3.63, 3.8) is 0 Å². The molecule has 5 amide bonds. The topological polar surface area (TPSA) is 254 Å². The molecular weight excluding hydrogens is 1080 g/mol. The van der Waals surface area contributed by atoms with Crippen LogP contribution >= 0.6 is 11.6 Å². The van der Waals surface area contributed by atoms with Gasteiger partial charge in [-0.05, 0) is 87.7 Å². The second-order valence-electron chi connectivity index (χ2n) is 20.9. The lowest BCUT2D eigenvalue weighted by atomic mass is 9.81. The number of alkyl halides is 1. The summed E-state index contributed by atoms with van der Waals surface area (Å²) in [6, 6.07) is 16.8. The number of anilines is 2. The molecule has 23 heteroatoms. The lowest BCUT2D eigenvalue weighted by molar-refractivity contribution is -0.433. The lowest BCUT2D eigenvalue weighted by Crippen LogP contribution is -2.47. The van der Waals surface area contributed by atoms with Gasteiger partial charge in [-0.1, -0.05) is 80.4 Å². The van der Waals surface area contributed by atoms with Gasteiger partial charge in [-0.2, -0.15) is 21.4 Å². The van der Waals surface area contributed by atoms with Gasteiger partial charge in [0.05, 0.1) is 44.5 Å². The number of benzene rings is 4. The van der Waals surface area contributed by atoms with Gasteiger partial charge in [0.15, 0.2) is 5.71 Å². The van der Waals surface area contributed by atoms with Crippen molar-refractivity contribution in [2.75, 3.05) is 36.4 Å². The van der Waals surface area contributed by atoms with Gasteiger partial charge in [-0.25, -0.2) is 18.4 Å². The van der Waals surface area contributed by atoms with Crippen LogP contribution in [0.1, 0.15) is 83.4 Å². The summed E-state index contributed by atoms with van der Waals surface area (Å²) in [7, 11) is -8.93. The highest BCUT2D eigenvalue weighted by atomic mass is 35.5. The number of nitrogens with one attached hydrogen (secondary N) is 3. The number of nitrogens with zero attached hydrogens (tertiary/aromatic N) is 4. The molecule has 3 aliphatic heterocycles. The van der Waals surface area contributed by atoms with Crippen molar-refractivity contribution in [1.29, 1.82) is 0 Å². The Morgan fingerprint density at radius 1 is 0.861 bits per heavy atom. The molecule has 0 bridgehead atoms. The summed E-state index contributed by atoms with van der Waals surface area (Å²) in [6.07, 6.45) is 11.8. The maximum atomic E-state index is 16.9. The van der Waals surface area contributed by atoms with Crippen molar-refractivity contribution in [3.8, 4) is 0 Å². The van der Waals surface area contributed by atoms with Crippen LogP contribution in [0.5, 0.6) is 0 Å². The number of para-hydroxylation sites is 1. The number of aromatic nitrogens is 1. The van der Waals surface area contributed by atoms with Crippen LogP contribution in [0.25, 0.3) is 10.9 Å². The fourth-order valence-corrected chi connectivity index (χ4v) is 12.0. The third-order valence-electron chi connectivity index (χ3n) is 14.9. The molecule has 0 spiro atoms. The molecule has 1 aromatic heterocycles. The molecule has 4 aromatic carbocycles. The number of halogens is 3. The van der Waals surface area contributed by atoms with Crippen LogP contribution in [-0.2, 0) is 47.2 Å². The van der Waals surface area contributed by atoms with Gasteiger partial charge in [0.2, 0.25) is 17.5 Å². The molecule has 18 nitrogen and oxygen atoms in total. The number of urea groups is 1. The third-order valence-corrected chi connectivity index (χ3v) is 16.9. The minimum atomic E-state index is -4.52. The van der Waals surface area contributed by atoms with Crippen molar-refractivity contribution in [2.24, 2.45) is 5.73 Å². The number of hydrogen-bond donors (Lipinski definition) is 6. The summed E-state index contributed by atoms with van der Waals surface area (Å²) >= 11 is 5.94. The smallest absolute Gasteiger partial charge is 0.323 e. The molecule has 3 aliphatic rings. The van der Waals surface area contributed by atoms with Crippen LogP contribution < -0.4 is 26.6 Å². The second kappa shape index (κ2) is 22.5. The van der Waals surface area contributed by atoms with E-state index in [9.17, 15) is 49.5 Å². The number of hydrogen-bond acceptors (Lipinski definition) is 9. The van der Waals surface area contributed by atoms with Crippen LogP contribution in [0.3, 0.4) is 0 Å². The summed E-state index contributed by atoms with van der Waals surface area (Å²) in [5.74, 6) is -2.00. The first-order chi connectivity index (χ1) is 37.2. The number of fused-ring (bicyclic) bond motifs is 3. The molecule has 5 aromatic rings. The van der Waals surface area contributed by atoms with E-state index in [0.29, 0.717) is 48.8 Å². The van der Waals surface area contributed by atoms with E-state index in [1.165, 1.54) is 48.7 Å². The molecule has 0 saturated carbocycles. The number of amides is 5. The Hall–Kier alpha value is -7.24. The van der Waals surface area contributed by atoms with E-state index in [1.807, 2.05) is 65.0 Å². The lowest BCUT2D eigenvalue weighted by Gasteiger charge is -2.27. The van der Waals surface area contributed by atoms with Crippen molar-refractivity contribution in [3.05, 3.63) is 149 Å². The van der Waals surface area contributed by atoms with E-state index < -0.39 is 92.0 Å². The minimum Gasteiger partial charge on any atom is -0.353 e. The molecule has 4 heterocycles. The highest BCUT2D eigenvalue weighted by Crippen LogP contribution is 2.49. The van der Waals surface area contributed by atoms with Crippen molar-refractivity contribution in [1.82, 2.24) is 20.1 Å². The number of carbonyl (C=O) groups excluding carboxylic acids is 4. The van der Waals surface area contributed by atoms with Crippen LogP contribution in [0.4, 0.5) is 35.4 Å². The SMILES string of the molecule is CC[N+]1=C(/C=C/C=C/C=C2/N(CCCCCC(=O)NC[C@@]3(F)C[C@@H](C(=O)NCc4cccc(Cl)c4F)N(C(=O)Nc4cn(C(N)=O)c5ccccc45)C3)c3ccc(S(=O)(=O)O)cc3C2(C)C)C(C)(C)c2cc(S(=O)(=O)O)ccc21. The Bertz CT molecular complexity index is 3650. The average molecular weight is 1140 g/mol. The zero-order valence-corrected chi connectivity index (χ0v) is 46.5. The van der Waals surface area contributed by atoms with Crippen LogP contribution in [0.2, 0.25) is 5.02 Å². The molecule has 2 atom stereocenters. The number of likely N-dealkylation sites (tertiary alicyclic amines) is 1. The summed E-state index contributed by atoms with van der Waals surface area (Å²) in [4.78, 5) is 55.9. The quantitative estimate of drug-likeness (QED) is 0.0209. The molecule has 0 radical (unpaired) electrons. The van der Waals surface area contributed by atoms with Gasteiger partial charge in [0, 0.05) is 77.6 Å². The Balaban J connectivity index is 0.918. The van der Waals surface area contributed by atoms with E-state index >= 15 is 4.39 Å². The Morgan fingerprint density at radius 2 is 1.56 bits per heavy atom. The Labute approximate surface area is 462 Å². The standard InChI is InChI=1S/C56H61ClF2N8O10S2/c1-6-64-44-25-23-36(78(72,73)74)28-39(44)54(2,3)47(64)20-9-7-10-21-48-55(4,5)40-29-37(79(75,76)77)24-26-45(40)65(48)27-14-8-11-22-49(68)62-33-56(59)30-46(51(69)61-31-35-16-15-18-41(57)50(35)58)67(34-56)53(71)63-42-32-66(52(60)70)43-19-13-12-17-38(42)43/h7,9-10,12-13,15-21,23-26,28-29,32,46H,6,8,11,14,22,27,30-31,33-34H2,1-5H3,(H6-,60,61,62,63,68,69,70,71,72,73,74,75,76,77)/p+1/t46-,56-/m0/s1. The molecule has 7 N–H and O–H groups in total. The number of nitrogens with two attached hydrogens (primary N) is 1. The molecule has 0 unspecified atom stereocenters. The highest BCUT2D eigenvalue weighted by Gasteiger charge is 2.50. The average Bonchev–Trinajstić information content (AvgIpc) is 4.24. The predicted molar refractivity (Wildman–Crippen MR) is 297 cm³/mol. The first kappa shape index (κ1) is 57.9. The number of carbonyl (C=O) groups is 4. The maximum absolute atomic E-state index is 16.9. The number of rotatable bonds is 18. The summed E-state index contributed by atoms with van der Waals surface area (Å²) < 4.78 is 103. The van der Waals surface area contributed by atoms with Gasteiger partial charge in [0.25, 0.3) is 20.2 Å². The Morgan fingerprint density at radius 3 is 2.25 bits per heavy atom. The van der Waals surface area contributed by atoms with Crippen LogP contribution in [-0.4, -0.2) is 107 Å². The number of unbranched alkanes of at least 4 members (excludes halogenated alkanes) is 2. The fraction of sp³-hybridized carbons (Fsp3) is 0.339. The first-order valence-corrected chi connectivity index (χ1v) is 28.8. The van der Waals surface area contributed by atoms with Crippen LogP contribution in [0.15, 0.2) is 131 Å². The molecular formula is C56H62ClF2N8O10S2+. The Kier molecular flexibility index (Phi) is 16.5. The van der Waals surface area contributed by atoms with Gasteiger partial charge in [0.1, 0.15) is 24.1 Å². The zero-order chi connectivity index (χ0) is 57.4. The summed E-state index contributed by atoms with van der Waals surface area (Å²) in [6.45, 7) is 9.44. The van der Waals surface area contributed by atoms with E-state index in [2.05, 4.69) is 25.4 Å². The molecule has 8 rings (SSSR count). The largest absolute Gasteiger partial charge is 0.353 e. The predicted octanol–water partition coefficient (Wildman–Crippen LogP) is 9.05. The van der Waals surface area contributed by atoms with Crippen LogP contribution in [0, 0.1) is 5.82 Å². The van der Waals surface area contributed by atoms with E-state index in [4.69, 9.17) is 17.3 Å². The third kappa shape index (κ3) is 12.0. The number of allylic oxidation sites excluding steroid dienone is 6. The van der Waals surface area contributed by atoms with Gasteiger partial charge in [-0.15, -0.1) is 0 Å². The molecule has 79 heavy (non-hydrogen) atoms. The molecule has 418 valence electrons. The molecule has 1 fully saturated rings. The second-order valence-corrected chi connectivity index (χ2v) is 24.1. The van der Waals surface area contributed by atoms with Gasteiger partial charge >= 0.3 is 12.1 Å². The fourth-order valence-electron chi connectivity index (χ4n) is 10.8. The normalized spacial score (nSPS) is 19.2. The van der Waals surface area contributed by atoms with Crippen molar-refractivity contribution >= 4 is 89.4 Å². The first-order valence-electron chi connectivity index (χ1n) is 25.5.